The van der Waals surface area contributed by atoms with E-state index in [4.69, 9.17) is 5.11 Å². The minimum atomic E-state index is -0.847. The van der Waals surface area contributed by atoms with Crippen molar-refractivity contribution in [3.05, 3.63) is 47.4 Å². The van der Waals surface area contributed by atoms with E-state index in [1.165, 1.54) is 11.3 Å². The van der Waals surface area contributed by atoms with Crippen molar-refractivity contribution in [1.82, 2.24) is 5.32 Å². The summed E-state index contributed by atoms with van der Waals surface area (Å²) in [6.07, 6.45) is 3.81. The second kappa shape index (κ2) is 5.09. The van der Waals surface area contributed by atoms with Crippen molar-refractivity contribution in [2.45, 2.75) is 12.5 Å². The second-order valence-corrected chi connectivity index (χ2v) is 5.88. The highest BCUT2D eigenvalue weighted by molar-refractivity contribution is 7.20. The normalized spacial score (nSPS) is 21.2. The van der Waals surface area contributed by atoms with Crippen LogP contribution in [0.3, 0.4) is 0 Å². The van der Waals surface area contributed by atoms with Crippen LogP contribution in [0, 0.1) is 5.92 Å². The number of nitrogens with one attached hydrogen (secondary N) is 1. The van der Waals surface area contributed by atoms with E-state index in [1.54, 1.807) is 12.2 Å². The molecule has 0 saturated heterocycles. The molecule has 20 heavy (non-hydrogen) atoms. The van der Waals surface area contributed by atoms with E-state index in [0.717, 1.165) is 10.1 Å². The van der Waals surface area contributed by atoms with Crippen molar-refractivity contribution in [3.63, 3.8) is 0 Å². The molecular formula is C15H13NO3S. The Morgan fingerprint density at radius 3 is 2.75 bits per heavy atom. The summed E-state index contributed by atoms with van der Waals surface area (Å²) in [7, 11) is 0. The molecule has 1 heterocycles. The number of thiophene rings is 1. The fourth-order valence-electron chi connectivity index (χ4n) is 2.32. The fraction of sp³-hybridized carbons (Fsp3) is 0.200. The fourth-order valence-corrected chi connectivity index (χ4v) is 3.29. The van der Waals surface area contributed by atoms with Crippen LogP contribution in [0.2, 0.25) is 0 Å². The van der Waals surface area contributed by atoms with Gasteiger partial charge in [0.25, 0.3) is 5.91 Å². The van der Waals surface area contributed by atoms with Gasteiger partial charge in [0.2, 0.25) is 0 Å². The summed E-state index contributed by atoms with van der Waals surface area (Å²) >= 11 is 1.44. The van der Waals surface area contributed by atoms with Crippen LogP contribution in [-0.4, -0.2) is 23.0 Å². The van der Waals surface area contributed by atoms with Crippen LogP contribution >= 0.6 is 11.3 Å². The van der Waals surface area contributed by atoms with E-state index >= 15 is 0 Å². The summed E-state index contributed by atoms with van der Waals surface area (Å²) in [6, 6.07) is 9.49. The van der Waals surface area contributed by atoms with Gasteiger partial charge in [0, 0.05) is 10.7 Å². The van der Waals surface area contributed by atoms with E-state index in [0.29, 0.717) is 11.3 Å². The molecule has 2 aromatic rings. The maximum Gasteiger partial charge on any atom is 0.310 e. The second-order valence-electron chi connectivity index (χ2n) is 4.79. The Labute approximate surface area is 119 Å². The van der Waals surface area contributed by atoms with Crippen LogP contribution in [-0.2, 0) is 4.79 Å². The van der Waals surface area contributed by atoms with Gasteiger partial charge in [0.05, 0.1) is 10.8 Å². The molecule has 5 heteroatoms. The summed E-state index contributed by atoms with van der Waals surface area (Å²) in [4.78, 5) is 23.7. The minimum Gasteiger partial charge on any atom is -0.481 e. The number of amides is 1. The molecule has 0 spiro atoms. The Morgan fingerprint density at radius 2 is 2.05 bits per heavy atom. The third-order valence-corrected chi connectivity index (χ3v) is 4.48. The molecule has 0 fully saturated rings. The maximum absolute atomic E-state index is 12.2. The summed E-state index contributed by atoms with van der Waals surface area (Å²) in [5.74, 6) is -1.49. The van der Waals surface area contributed by atoms with E-state index in [2.05, 4.69) is 5.32 Å². The first-order chi connectivity index (χ1) is 9.63. The molecule has 1 amide bonds. The average Bonchev–Trinajstić information content (AvgIpc) is 3.04. The number of benzene rings is 1. The van der Waals surface area contributed by atoms with E-state index in [1.807, 2.05) is 30.3 Å². The monoisotopic (exact) mass is 287 g/mol. The minimum absolute atomic E-state index is 0.146. The number of carbonyl (C=O) groups is 2. The molecule has 2 atom stereocenters. The first-order valence-corrected chi connectivity index (χ1v) is 7.16. The number of hydrogen-bond donors (Lipinski definition) is 2. The van der Waals surface area contributed by atoms with Crippen molar-refractivity contribution >= 4 is 33.3 Å². The van der Waals surface area contributed by atoms with Gasteiger partial charge < -0.3 is 10.4 Å². The summed E-state index contributed by atoms with van der Waals surface area (Å²) < 4.78 is 1.07. The number of carboxylic acid groups (broad SMARTS) is 1. The van der Waals surface area contributed by atoms with Crippen LogP contribution in [0.4, 0.5) is 0 Å². The van der Waals surface area contributed by atoms with Gasteiger partial charge in [-0.1, -0.05) is 30.4 Å². The van der Waals surface area contributed by atoms with Crippen molar-refractivity contribution < 1.29 is 14.7 Å². The van der Waals surface area contributed by atoms with Crippen LogP contribution in [0.25, 0.3) is 10.1 Å². The van der Waals surface area contributed by atoms with Gasteiger partial charge in [-0.3, -0.25) is 9.59 Å². The van der Waals surface area contributed by atoms with Gasteiger partial charge in [0.15, 0.2) is 0 Å². The number of aliphatic carboxylic acids is 1. The molecule has 4 nitrogen and oxygen atoms in total. The van der Waals surface area contributed by atoms with Gasteiger partial charge in [-0.15, -0.1) is 11.3 Å². The van der Waals surface area contributed by atoms with Crippen molar-refractivity contribution in [3.8, 4) is 0 Å². The summed E-state index contributed by atoms with van der Waals surface area (Å²) in [6.45, 7) is 0. The van der Waals surface area contributed by atoms with Gasteiger partial charge >= 0.3 is 5.97 Å². The predicted molar refractivity (Wildman–Crippen MR) is 78.0 cm³/mol. The SMILES string of the molecule is O=C(NC1C=CC(C(=O)O)C1)c1cc2ccccc2s1. The van der Waals surface area contributed by atoms with E-state index in [9.17, 15) is 9.59 Å². The molecule has 1 aliphatic carbocycles. The largest absolute Gasteiger partial charge is 0.481 e. The molecule has 1 aliphatic rings. The zero-order valence-corrected chi connectivity index (χ0v) is 11.4. The van der Waals surface area contributed by atoms with Crippen LogP contribution in [0.1, 0.15) is 16.1 Å². The van der Waals surface area contributed by atoms with Crippen molar-refractivity contribution in [1.29, 1.82) is 0 Å². The quantitative estimate of drug-likeness (QED) is 0.853. The molecule has 0 saturated carbocycles. The standard InChI is InChI=1S/C15H13NO3S/c17-14(16-11-6-5-10(7-11)15(18)19)13-8-9-3-1-2-4-12(9)20-13/h1-6,8,10-11H,7H2,(H,16,17)(H,18,19). The summed E-state index contributed by atoms with van der Waals surface area (Å²) in [5, 5.41) is 12.8. The number of rotatable bonds is 3. The molecule has 0 radical (unpaired) electrons. The van der Waals surface area contributed by atoms with E-state index in [-0.39, 0.29) is 11.9 Å². The molecular weight excluding hydrogens is 274 g/mol. The van der Waals surface area contributed by atoms with Gasteiger partial charge in [-0.2, -0.15) is 0 Å². The number of carbonyl (C=O) groups excluding carboxylic acids is 1. The lowest BCUT2D eigenvalue weighted by Crippen LogP contribution is -2.32. The Hall–Kier alpha value is -2.14. The predicted octanol–water partition coefficient (Wildman–Crippen LogP) is 2.66. The Kier molecular flexibility index (Phi) is 3.28. The molecule has 2 N–H and O–H groups in total. The van der Waals surface area contributed by atoms with E-state index < -0.39 is 11.9 Å². The van der Waals surface area contributed by atoms with Gasteiger partial charge in [-0.25, -0.2) is 0 Å². The third kappa shape index (κ3) is 2.44. The Bertz CT molecular complexity index is 671. The van der Waals surface area contributed by atoms with Crippen molar-refractivity contribution in [2.24, 2.45) is 5.92 Å². The third-order valence-electron chi connectivity index (χ3n) is 3.37. The molecule has 1 aromatic heterocycles. The zero-order chi connectivity index (χ0) is 14.1. The lowest BCUT2D eigenvalue weighted by Gasteiger charge is -2.10. The first kappa shape index (κ1) is 12.9. The number of carboxylic acids is 1. The maximum atomic E-state index is 12.2. The Balaban J connectivity index is 1.71. The lowest BCUT2D eigenvalue weighted by atomic mass is 10.1. The van der Waals surface area contributed by atoms with Crippen LogP contribution < -0.4 is 5.32 Å². The molecule has 2 unspecified atom stereocenters. The highest BCUT2D eigenvalue weighted by Gasteiger charge is 2.25. The molecule has 3 rings (SSSR count). The Morgan fingerprint density at radius 1 is 1.25 bits per heavy atom. The molecule has 1 aromatic carbocycles. The molecule has 0 bridgehead atoms. The lowest BCUT2D eigenvalue weighted by molar-refractivity contribution is -0.140. The number of fused-ring (bicyclic) bond motifs is 1. The van der Waals surface area contributed by atoms with Crippen molar-refractivity contribution in [2.75, 3.05) is 0 Å². The van der Waals surface area contributed by atoms with Crippen LogP contribution in [0.15, 0.2) is 42.5 Å². The smallest absolute Gasteiger partial charge is 0.310 e. The molecule has 102 valence electrons. The van der Waals surface area contributed by atoms with Gasteiger partial charge in [-0.05, 0) is 23.9 Å². The first-order valence-electron chi connectivity index (χ1n) is 6.34. The average molecular weight is 287 g/mol. The number of hydrogen-bond acceptors (Lipinski definition) is 3. The van der Waals surface area contributed by atoms with Crippen LogP contribution in [0.5, 0.6) is 0 Å². The van der Waals surface area contributed by atoms with Gasteiger partial charge in [0.1, 0.15) is 0 Å². The highest BCUT2D eigenvalue weighted by Crippen LogP contribution is 2.26. The topological polar surface area (TPSA) is 66.4 Å². The summed E-state index contributed by atoms with van der Waals surface area (Å²) in [5.41, 5.74) is 0. The zero-order valence-electron chi connectivity index (χ0n) is 10.6. The highest BCUT2D eigenvalue weighted by atomic mass is 32.1. The molecule has 0 aliphatic heterocycles.